The van der Waals surface area contributed by atoms with Crippen LogP contribution in [0.25, 0.3) is 0 Å². The number of carbonyl (C=O) groups excluding carboxylic acids is 1. The molecule has 1 aromatic heterocycles. The van der Waals surface area contributed by atoms with E-state index >= 15 is 0 Å². The summed E-state index contributed by atoms with van der Waals surface area (Å²) in [5, 5.41) is 9.41. The van der Waals surface area contributed by atoms with Crippen LogP contribution in [0.2, 0.25) is 0 Å². The highest BCUT2D eigenvalue weighted by Crippen LogP contribution is 2.31. The molecule has 0 aliphatic carbocycles. The summed E-state index contributed by atoms with van der Waals surface area (Å²) >= 11 is 2.49. The van der Waals surface area contributed by atoms with Crippen molar-refractivity contribution in [1.29, 1.82) is 0 Å². The highest BCUT2D eigenvalue weighted by Gasteiger charge is 2.30. The minimum Gasteiger partial charge on any atom is -0.325 e. The van der Waals surface area contributed by atoms with E-state index < -0.39 is 22.9 Å². The molecule has 2 rings (SSSR count). The van der Waals surface area contributed by atoms with Crippen LogP contribution in [-0.2, 0) is 11.0 Å². The third kappa shape index (κ3) is 4.43. The lowest BCUT2D eigenvalue weighted by Crippen LogP contribution is -2.22. The first-order chi connectivity index (χ1) is 9.86. The molecule has 0 bridgehead atoms. The second-order valence-corrected chi connectivity index (χ2v) is 6.45. The summed E-state index contributed by atoms with van der Waals surface area (Å²) in [5.41, 5.74) is 0.851. The van der Waals surface area contributed by atoms with E-state index in [1.807, 2.05) is 0 Å². The average Bonchev–Trinajstić information content (AvgIpc) is 2.91. The van der Waals surface area contributed by atoms with Crippen LogP contribution < -0.4 is 5.32 Å². The van der Waals surface area contributed by atoms with E-state index in [0.29, 0.717) is 4.34 Å². The number of alkyl halides is 3. The second kappa shape index (κ2) is 6.44. The van der Waals surface area contributed by atoms with Gasteiger partial charge in [0.15, 0.2) is 4.34 Å². The van der Waals surface area contributed by atoms with Crippen molar-refractivity contribution in [1.82, 2.24) is 10.2 Å². The monoisotopic (exact) mass is 333 g/mol. The van der Waals surface area contributed by atoms with E-state index in [9.17, 15) is 18.0 Å². The van der Waals surface area contributed by atoms with E-state index in [1.165, 1.54) is 35.2 Å². The van der Waals surface area contributed by atoms with Gasteiger partial charge in [0, 0.05) is 5.69 Å². The number of thioether (sulfide) groups is 1. The van der Waals surface area contributed by atoms with Gasteiger partial charge in [0.05, 0.1) is 10.8 Å². The maximum absolute atomic E-state index is 12.6. The minimum absolute atomic E-state index is 0.111. The van der Waals surface area contributed by atoms with Crippen molar-refractivity contribution in [2.24, 2.45) is 0 Å². The van der Waals surface area contributed by atoms with Gasteiger partial charge in [0.1, 0.15) is 5.51 Å². The second-order valence-electron chi connectivity index (χ2n) is 4.03. The van der Waals surface area contributed by atoms with Crippen molar-refractivity contribution in [3.05, 3.63) is 35.3 Å². The number of carbonyl (C=O) groups is 1. The zero-order valence-electron chi connectivity index (χ0n) is 10.7. The van der Waals surface area contributed by atoms with Gasteiger partial charge < -0.3 is 5.32 Å². The standard InChI is InChI=1S/C12H10F3N3OS2/c1-7(21-11-18-16-6-20-11)10(19)17-9-4-2-3-8(5-9)12(13,14)15/h2-7H,1H3,(H,17,19)/t7-/m0/s1. The summed E-state index contributed by atoms with van der Waals surface area (Å²) in [5.74, 6) is -0.394. The third-order valence-electron chi connectivity index (χ3n) is 2.44. The van der Waals surface area contributed by atoms with Crippen LogP contribution >= 0.6 is 23.1 Å². The van der Waals surface area contributed by atoms with Gasteiger partial charge in [0.2, 0.25) is 5.91 Å². The number of amides is 1. The number of aromatic nitrogens is 2. The van der Waals surface area contributed by atoms with E-state index in [2.05, 4.69) is 15.5 Å². The maximum atomic E-state index is 12.6. The van der Waals surface area contributed by atoms with Gasteiger partial charge in [-0.3, -0.25) is 4.79 Å². The summed E-state index contributed by atoms with van der Waals surface area (Å²) in [6.07, 6.45) is -4.44. The number of nitrogens with one attached hydrogen (secondary N) is 1. The molecule has 1 heterocycles. The van der Waals surface area contributed by atoms with Gasteiger partial charge in [-0.25, -0.2) is 0 Å². The number of halogens is 3. The fourth-order valence-electron chi connectivity index (χ4n) is 1.44. The van der Waals surface area contributed by atoms with Gasteiger partial charge in [-0.05, 0) is 25.1 Å². The Balaban J connectivity index is 2.02. The molecule has 4 nitrogen and oxygen atoms in total. The number of nitrogens with zero attached hydrogens (tertiary/aromatic N) is 2. The molecule has 1 aromatic carbocycles. The lowest BCUT2D eigenvalue weighted by Gasteiger charge is -2.12. The summed E-state index contributed by atoms with van der Waals surface area (Å²) in [6, 6.07) is 4.52. The molecule has 2 aromatic rings. The molecule has 1 atom stereocenters. The Hall–Kier alpha value is -1.61. The molecule has 9 heteroatoms. The molecule has 1 N–H and O–H groups in total. The summed E-state index contributed by atoms with van der Waals surface area (Å²) in [4.78, 5) is 11.9. The number of anilines is 1. The smallest absolute Gasteiger partial charge is 0.325 e. The van der Waals surface area contributed by atoms with E-state index in [1.54, 1.807) is 12.4 Å². The quantitative estimate of drug-likeness (QED) is 0.867. The molecule has 0 unspecified atom stereocenters. The maximum Gasteiger partial charge on any atom is 0.416 e. The Kier molecular flexibility index (Phi) is 4.84. The Bertz CT molecular complexity index is 616. The van der Waals surface area contributed by atoms with E-state index in [4.69, 9.17) is 0 Å². The SMILES string of the molecule is C[C@H](Sc1nncs1)C(=O)Nc1cccc(C(F)(F)F)c1. The van der Waals surface area contributed by atoms with Crippen molar-refractivity contribution >= 4 is 34.7 Å². The van der Waals surface area contributed by atoms with Crippen LogP contribution in [-0.4, -0.2) is 21.4 Å². The third-order valence-corrected chi connectivity index (χ3v) is 4.36. The van der Waals surface area contributed by atoms with Crippen molar-refractivity contribution in [2.75, 3.05) is 5.32 Å². The van der Waals surface area contributed by atoms with E-state index in [-0.39, 0.29) is 5.69 Å². The van der Waals surface area contributed by atoms with Crippen molar-refractivity contribution in [2.45, 2.75) is 22.7 Å². The molecule has 0 spiro atoms. The molecule has 112 valence electrons. The van der Waals surface area contributed by atoms with Crippen LogP contribution in [0.5, 0.6) is 0 Å². The molecular formula is C12H10F3N3OS2. The number of rotatable bonds is 4. The van der Waals surface area contributed by atoms with Crippen molar-refractivity contribution in [3.63, 3.8) is 0 Å². The van der Waals surface area contributed by atoms with Crippen molar-refractivity contribution in [3.8, 4) is 0 Å². The molecule has 0 aliphatic rings. The van der Waals surface area contributed by atoms with Gasteiger partial charge in [-0.2, -0.15) is 13.2 Å². The van der Waals surface area contributed by atoms with E-state index in [0.717, 1.165) is 12.1 Å². The topological polar surface area (TPSA) is 54.9 Å². The Morgan fingerprint density at radius 1 is 1.43 bits per heavy atom. The average molecular weight is 333 g/mol. The first kappa shape index (κ1) is 15.8. The van der Waals surface area contributed by atoms with Gasteiger partial charge in [-0.15, -0.1) is 10.2 Å². The van der Waals surface area contributed by atoms with Crippen LogP contribution in [0, 0.1) is 0 Å². The first-order valence-corrected chi connectivity index (χ1v) is 7.53. The Labute approximate surface area is 126 Å². The largest absolute Gasteiger partial charge is 0.416 e. The van der Waals surface area contributed by atoms with Gasteiger partial charge in [-0.1, -0.05) is 29.2 Å². The Morgan fingerprint density at radius 2 is 2.19 bits per heavy atom. The predicted octanol–water partition coefficient (Wildman–Crippen LogP) is 3.68. The molecule has 0 saturated carbocycles. The molecule has 0 saturated heterocycles. The summed E-state index contributed by atoms with van der Waals surface area (Å²) in [7, 11) is 0. The number of benzene rings is 1. The van der Waals surface area contributed by atoms with Crippen molar-refractivity contribution < 1.29 is 18.0 Å². The minimum atomic E-state index is -4.44. The highest BCUT2D eigenvalue weighted by atomic mass is 32.2. The molecule has 0 aliphatic heterocycles. The van der Waals surface area contributed by atoms with Crippen LogP contribution in [0.3, 0.4) is 0 Å². The van der Waals surface area contributed by atoms with Gasteiger partial charge >= 0.3 is 6.18 Å². The normalized spacial score (nSPS) is 13.0. The summed E-state index contributed by atoms with van der Waals surface area (Å²) < 4.78 is 38.4. The molecule has 0 fully saturated rings. The first-order valence-electron chi connectivity index (χ1n) is 5.77. The highest BCUT2D eigenvalue weighted by molar-refractivity contribution is 8.02. The van der Waals surface area contributed by atoms with Gasteiger partial charge in [0.25, 0.3) is 0 Å². The molecule has 21 heavy (non-hydrogen) atoms. The molecule has 1 amide bonds. The zero-order chi connectivity index (χ0) is 15.5. The fourth-order valence-corrected chi connectivity index (χ4v) is 3.06. The molecule has 0 radical (unpaired) electrons. The van der Waals surface area contributed by atoms with Crippen LogP contribution in [0.1, 0.15) is 12.5 Å². The van der Waals surface area contributed by atoms with Crippen LogP contribution in [0.4, 0.5) is 18.9 Å². The molecular weight excluding hydrogens is 323 g/mol. The summed E-state index contributed by atoms with van der Waals surface area (Å²) in [6.45, 7) is 1.65. The predicted molar refractivity (Wildman–Crippen MR) is 75.3 cm³/mol. The number of hydrogen-bond acceptors (Lipinski definition) is 5. The van der Waals surface area contributed by atoms with Crippen LogP contribution in [0.15, 0.2) is 34.1 Å². The lowest BCUT2D eigenvalue weighted by atomic mass is 10.2. The fraction of sp³-hybridized carbons (Fsp3) is 0.250. The number of hydrogen-bond donors (Lipinski definition) is 1. The Morgan fingerprint density at radius 3 is 2.81 bits per heavy atom. The lowest BCUT2D eigenvalue weighted by molar-refractivity contribution is -0.137. The zero-order valence-corrected chi connectivity index (χ0v) is 12.4.